The van der Waals surface area contributed by atoms with Gasteiger partial charge in [-0.3, -0.25) is 4.90 Å². The van der Waals surface area contributed by atoms with E-state index in [2.05, 4.69) is 17.9 Å². The summed E-state index contributed by atoms with van der Waals surface area (Å²) in [5.74, 6) is 0.752. The number of rotatable bonds is 3. The highest BCUT2D eigenvalue weighted by molar-refractivity contribution is 5.54. The van der Waals surface area contributed by atoms with Gasteiger partial charge in [-0.05, 0) is 24.6 Å². The number of hydrogen-bond acceptors (Lipinski definition) is 4. The smallest absolute Gasteiger partial charge is 0.142 e. The van der Waals surface area contributed by atoms with Crippen LogP contribution in [0.1, 0.15) is 18.5 Å². The maximum absolute atomic E-state index is 5.82. The summed E-state index contributed by atoms with van der Waals surface area (Å²) in [6.07, 6.45) is 0. The van der Waals surface area contributed by atoms with Gasteiger partial charge in [0, 0.05) is 19.1 Å². The molecule has 1 aromatic carbocycles. The monoisotopic (exact) mass is 236 g/mol. The summed E-state index contributed by atoms with van der Waals surface area (Å²) in [6.45, 7) is 5.80. The number of methoxy groups -OCH3 is 1. The summed E-state index contributed by atoms with van der Waals surface area (Å²) in [6, 6.07) is 6.37. The maximum Gasteiger partial charge on any atom is 0.142 e. The molecule has 1 unspecified atom stereocenters. The van der Waals surface area contributed by atoms with Gasteiger partial charge in [0.25, 0.3) is 0 Å². The fraction of sp³-hybridized carbons (Fsp3) is 0.538. The summed E-state index contributed by atoms with van der Waals surface area (Å²) < 4.78 is 10.6. The molecule has 1 aromatic rings. The SMILES string of the molecule is COc1cc(C(C)N2CCOCC2)ccc1N. The number of hydrogen-bond donors (Lipinski definition) is 1. The fourth-order valence-electron chi connectivity index (χ4n) is 2.16. The average Bonchev–Trinajstić information content (AvgIpc) is 2.39. The molecular formula is C13H20N2O2. The van der Waals surface area contributed by atoms with Crippen molar-refractivity contribution in [3.05, 3.63) is 23.8 Å². The summed E-state index contributed by atoms with van der Waals surface area (Å²) >= 11 is 0. The van der Waals surface area contributed by atoms with Crippen LogP contribution in [0.15, 0.2) is 18.2 Å². The molecule has 0 aromatic heterocycles. The Morgan fingerprint density at radius 1 is 1.35 bits per heavy atom. The van der Waals surface area contributed by atoms with Crippen molar-refractivity contribution < 1.29 is 9.47 Å². The second kappa shape index (κ2) is 5.38. The third-order valence-corrected chi connectivity index (χ3v) is 3.33. The minimum Gasteiger partial charge on any atom is -0.495 e. The zero-order chi connectivity index (χ0) is 12.3. The lowest BCUT2D eigenvalue weighted by molar-refractivity contribution is 0.0198. The third kappa shape index (κ3) is 2.70. The van der Waals surface area contributed by atoms with E-state index in [1.54, 1.807) is 7.11 Å². The fourth-order valence-corrected chi connectivity index (χ4v) is 2.16. The van der Waals surface area contributed by atoms with E-state index < -0.39 is 0 Å². The summed E-state index contributed by atoms with van der Waals surface area (Å²) in [5, 5.41) is 0. The van der Waals surface area contributed by atoms with E-state index in [1.807, 2.05) is 12.1 Å². The molecule has 0 spiro atoms. The number of morpholine rings is 1. The van der Waals surface area contributed by atoms with Gasteiger partial charge >= 0.3 is 0 Å². The molecule has 4 nitrogen and oxygen atoms in total. The van der Waals surface area contributed by atoms with Crippen molar-refractivity contribution in [1.29, 1.82) is 0 Å². The molecule has 0 aliphatic carbocycles. The lowest BCUT2D eigenvalue weighted by Gasteiger charge is -2.32. The maximum atomic E-state index is 5.82. The second-order valence-corrected chi connectivity index (χ2v) is 4.33. The zero-order valence-electron chi connectivity index (χ0n) is 10.5. The van der Waals surface area contributed by atoms with E-state index in [-0.39, 0.29) is 0 Å². The molecule has 2 rings (SSSR count). The van der Waals surface area contributed by atoms with Crippen molar-refractivity contribution in [2.24, 2.45) is 0 Å². The number of benzene rings is 1. The lowest BCUT2D eigenvalue weighted by atomic mass is 10.1. The van der Waals surface area contributed by atoms with Crippen LogP contribution in [0.5, 0.6) is 5.75 Å². The molecule has 17 heavy (non-hydrogen) atoms. The Hall–Kier alpha value is -1.26. The van der Waals surface area contributed by atoms with Crippen LogP contribution in [0.25, 0.3) is 0 Å². The van der Waals surface area contributed by atoms with Crippen LogP contribution >= 0.6 is 0 Å². The first kappa shape index (κ1) is 12.2. The first-order valence-electron chi connectivity index (χ1n) is 5.97. The molecule has 1 aliphatic rings. The van der Waals surface area contributed by atoms with Crippen LogP contribution < -0.4 is 10.5 Å². The second-order valence-electron chi connectivity index (χ2n) is 4.33. The van der Waals surface area contributed by atoms with Gasteiger partial charge in [-0.15, -0.1) is 0 Å². The Labute approximate surface area is 102 Å². The highest BCUT2D eigenvalue weighted by Crippen LogP contribution is 2.28. The molecule has 1 aliphatic heterocycles. The molecule has 94 valence electrons. The molecule has 1 atom stereocenters. The van der Waals surface area contributed by atoms with Crippen molar-refractivity contribution in [2.75, 3.05) is 39.1 Å². The Morgan fingerprint density at radius 2 is 2.06 bits per heavy atom. The van der Waals surface area contributed by atoms with Crippen LogP contribution in [0, 0.1) is 0 Å². The third-order valence-electron chi connectivity index (χ3n) is 3.33. The van der Waals surface area contributed by atoms with Crippen LogP contribution in [0.3, 0.4) is 0 Å². The van der Waals surface area contributed by atoms with E-state index in [9.17, 15) is 0 Å². The Bertz CT molecular complexity index is 376. The minimum absolute atomic E-state index is 0.369. The highest BCUT2D eigenvalue weighted by atomic mass is 16.5. The van der Waals surface area contributed by atoms with Gasteiger partial charge < -0.3 is 15.2 Å². The summed E-state index contributed by atoms with van der Waals surface area (Å²) in [5.41, 5.74) is 7.74. The number of nitrogen functional groups attached to an aromatic ring is 1. The predicted octanol–water partition coefficient (Wildman–Crippen LogP) is 1.67. The molecule has 1 fully saturated rings. The van der Waals surface area contributed by atoms with E-state index in [4.69, 9.17) is 15.2 Å². The van der Waals surface area contributed by atoms with E-state index in [0.29, 0.717) is 11.7 Å². The van der Waals surface area contributed by atoms with E-state index in [1.165, 1.54) is 5.56 Å². The largest absolute Gasteiger partial charge is 0.495 e. The Morgan fingerprint density at radius 3 is 2.71 bits per heavy atom. The highest BCUT2D eigenvalue weighted by Gasteiger charge is 2.19. The van der Waals surface area contributed by atoms with Gasteiger partial charge in [0.1, 0.15) is 5.75 Å². The van der Waals surface area contributed by atoms with Crippen LogP contribution in [-0.4, -0.2) is 38.3 Å². The van der Waals surface area contributed by atoms with Gasteiger partial charge in [-0.25, -0.2) is 0 Å². The summed E-state index contributed by atoms with van der Waals surface area (Å²) in [4.78, 5) is 2.41. The minimum atomic E-state index is 0.369. The predicted molar refractivity (Wildman–Crippen MR) is 68.2 cm³/mol. The Balaban J connectivity index is 2.15. The molecule has 4 heteroatoms. The van der Waals surface area contributed by atoms with Gasteiger partial charge in [0.15, 0.2) is 0 Å². The average molecular weight is 236 g/mol. The van der Waals surface area contributed by atoms with Crippen LogP contribution in [-0.2, 0) is 4.74 Å². The van der Waals surface area contributed by atoms with Crippen molar-refractivity contribution in [2.45, 2.75) is 13.0 Å². The molecule has 2 N–H and O–H groups in total. The van der Waals surface area contributed by atoms with Crippen LogP contribution in [0.4, 0.5) is 5.69 Å². The topological polar surface area (TPSA) is 47.7 Å². The normalized spacial score (nSPS) is 18.9. The number of ether oxygens (including phenoxy) is 2. The molecule has 0 radical (unpaired) electrons. The summed E-state index contributed by atoms with van der Waals surface area (Å²) in [7, 11) is 1.65. The van der Waals surface area contributed by atoms with Crippen LogP contribution in [0.2, 0.25) is 0 Å². The van der Waals surface area contributed by atoms with Gasteiger partial charge in [-0.2, -0.15) is 0 Å². The molecule has 1 saturated heterocycles. The molecule has 0 amide bonds. The Kier molecular flexibility index (Phi) is 3.86. The first-order valence-corrected chi connectivity index (χ1v) is 5.97. The van der Waals surface area contributed by atoms with E-state index in [0.717, 1.165) is 32.1 Å². The first-order chi connectivity index (χ1) is 8.22. The molecule has 0 bridgehead atoms. The van der Waals surface area contributed by atoms with Gasteiger partial charge in [0.2, 0.25) is 0 Å². The van der Waals surface area contributed by atoms with Crippen molar-refractivity contribution in [3.63, 3.8) is 0 Å². The zero-order valence-corrected chi connectivity index (χ0v) is 10.5. The van der Waals surface area contributed by atoms with Crippen molar-refractivity contribution >= 4 is 5.69 Å². The van der Waals surface area contributed by atoms with Gasteiger partial charge in [0.05, 0.1) is 26.0 Å². The number of nitrogens with two attached hydrogens (primary N) is 1. The quantitative estimate of drug-likeness (QED) is 0.811. The van der Waals surface area contributed by atoms with Crippen molar-refractivity contribution in [3.8, 4) is 5.75 Å². The molecular weight excluding hydrogens is 216 g/mol. The number of nitrogens with zero attached hydrogens (tertiary/aromatic N) is 1. The molecule has 1 heterocycles. The lowest BCUT2D eigenvalue weighted by Crippen LogP contribution is -2.38. The standard InChI is InChI=1S/C13H20N2O2/c1-10(15-5-7-17-8-6-15)11-3-4-12(14)13(9-11)16-2/h3-4,9-10H,5-8,14H2,1-2H3. The molecule has 0 saturated carbocycles. The number of anilines is 1. The van der Waals surface area contributed by atoms with E-state index >= 15 is 0 Å². The van der Waals surface area contributed by atoms with Gasteiger partial charge in [-0.1, -0.05) is 6.07 Å². The van der Waals surface area contributed by atoms with Crippen molar-refractivity contribution in [1.82, 2.24) is 4.90 Å².